The molecule has 106 valence electrons. The first-order valence-corrected chi connectivity index (χ1v) is 6.14. The van der Waals surface area contributed by atoms with E-state index in [0.717, 1.165) is 5.56 Å². The van der Waals surface area contributed by atoms with E-state index in [1.54, 1.807) is 20.2 Å². The number of nitro benzene ring substituents is 1. The van der Waals surface area contributed by atoms with Crippen LogP contribution in [0.1, 0.15) is 12.5 Å². The lowest BCUT2D eigenvalue weighted by molar-refractivity contribution is -0.384. The number of hydrogen-bond acceptors (Lipinski definition) is 5. The number of nitro groups is 1. The predicted molar refractivity (Wildman–Crippen MR) is 75.4 cm³/mol. The number of rotatable bonds is 7. The quantitative estimate of drug-likeness (QED) is 0.605. The number of methoxy groups -OCH3 is 1. The number of hydrogen-bond donors (Lipinski definition) is 1. The molecule has 0 aliphatic carbocycles. The second-order valence-electron chi connectivity index (χ2n) is 4.54. The second-order valence-corrected chi connectivity index (χ2v) is 4.54. The Bertz CT molecular complexity index is 437. The van der Waals surface area contributed by atoms with Gasteiger partial charge in [-0.25, -0.2) is 0 Å². The van der Waals surface area contributed by atoms with Gasteiger partial charge in [-0.05, 0) is 19.5 Å². The topological polar surface area (TPSA) is 67.6 Å². The normalized spacial score (nSPS) is 12.5. The molecular formula is C13H21N3O3. The molecule has 0 saturated carbocycles. The Morgan fingerprint density at radius 1 is 1.53 bits per heavy atom. The SMILES string of the molecule is CNc1c(CN(C)C(C)COC)cccc1[N+](=O)[O-]. The van der Waals surface area contributed by atoms with Crippen LogP contribution in [0.4, 0.5) is 11.4 Å². The zero-order valence-electron chi connectivity index (χ0n) is 11.8. The third kappa shape index (κ3) is 3.90. The average Bonchev–Trinajstić information content (AvgIpc) is 2.38. The summed E-state index contributed by atoms with van der Waals surface area (Å²) < 4.78 is 5.12. The summed E-state index contributed by atoms with van der Waals surface area (Å²) in [4.78, 5) is 12.7. The highest BCUT2D eigenvalue weighted by molar-refractivity contribution is 5.66. The van der Waals surface area contributed by atoms with Gasteiger partial charge in [0.15, 0.2) is 0 Å². The smallest absolute Gasteiger partial charge is 0.292 e. The number of anilines is 1. The monoisotopic (exact) mass is 267 g/mol. The van der Waals surface area contributed by atoms with Crippen LogP contribution in [0.5, 0.6) is 0 Å². The molecule has 19 heavy (non-hydrogen) atoms. The maximum atomic E-state index is 11.0. The first kappa shape index (κ1) is 15.4. The Morgan fingerprint density at radius 3 is 2.74 bits per heavy atom. The molecule has 0 bridgehead atoms. The van der Waals surface area contributed by atoms with Gasteiger partial charge in [0.2, 0.25) is 0 Å². The lowest BCUT2D eigenvalue weighted by Crippen LogP contribution is -2.32. The maximum absolute atomic E-state index is 11.0. The summed E-state index contributed by atoms with van der Waals surface area (Å²) in [6.07, 6.45) is 0. The van der Waals surface area contributed by atoms with E-state index in [9.17, 15) is 10.1 Å². The van der Waals surface area contributed by atoms with E-state index in [-0.39, 0.29) is 16.7 Å². The standard InChI is InChI=1S/C13H21N3O3/c1-10(9-19-4)15(3)8-11-6-5-7-12(16(17)18)13(11)14-2/h5-7,10,14H,8-9H2,1-4H3. The molecule has 6 nitrogen and oxygen atoms in total. The van der Waals surface area contributed by atoms with Crippen LogP contribution < -0.4 is 5.32 Å². The minimum Gasteiger partial charge on any atom is -0.383 e. The average molecular weight is 267 g/mol. The minimum absolute atomic E-state index is 0.104. The third-order valence-electron chi connectivity index (χ3n) is 3.16. The molecule has 0 amide bonds. The van der Waals surface area contributed by atoms with Crippen molar-refractivity contribution in [3.8, 4) is 0 Å². The van der Waals surface area contributed by atoms with Crippen LogP contribution in [0.25, 0.3) is 0 Å². The molecule has 6 heteroatoms. The number of benzene rings is 1. The maximum Gasteiger partial charge on any atom is 0.292 e. The van der Waals surface area contributed by atoms with E-state index in [1.165, 1.54) is 6.07 Å². The van der Waals surface area contributed by atoms with Gasteiger partial charge in [-0.1, -0.05) is 12.1 Å². The summed E-state index contributed by atoms with van der Waals surface area (Å²) in [5, 5.41) is 13.9. The van der Waals surface area contributed by atoms with Gasteiger partial charge in [0.05, 0.1) is 11.5 Å². The van der Waals surface area contributed by atoms with Gasteiger partial charge in [0.1, 0.15) is 5.69 Å². The molecule has 1 N–H and O–H groups in total. The largest absolute Gasteiger partial charge is 0.383 e. The summed E-state index contributed by atoms with van der Waals surface area (Å²) in [5.41, 5.74) is 1.58. The van der Waals surface area contributed by atoms with Crippen molar-refractivity contribution in [1.82, 2.24) is 4.90 Å². The Balaban J connectivity index is 2.95. The highest BCUT2D eigenvalue weighted by atomic mass is 16.6. The molecule has 0 aliphatic rings. The van der Waals surface area contributed by atoms with E-state index >= 15 is 0 Å². The van der Waals surface area contributed by atoms with Gasteiger partial charge >= 0.3 is 0 Å². The van der Waals surface area contributed by atoms with Crippen molar-refractivity contribution in [1.29, 1.82) is 0 Å². The Kier molecular flexibility index (Phi) is 5.72. The fourth-order valence-electron chi connectivity index (χ4n) is 1.95. The molecule has 0 aromatic heterocycles. The van der Waals surface area contributed by atoms with E-state index in [0.29, 0.717) is 18.8 Å². The Hall–Kier alpha value is -1.66. The molecule has 1 atom stereocenters. The van der Waals surface area contributed by atoms with Crippen LogP contribution in [-0.2, 0) is 11.3 Å². The number of para-hydroxylation sites is 1. The van der Waals surface area contributed by atoms with Gasteiger partial charge in [0, 0.05) is 32.8 Å². The van der Waals surface area contributed by atoms with Crippen LogP contribution in [0.2, 0.25) is 0 Å². The fourth-order valence-corrected chi connectivity index (χ4v) is 1.95. The molecule has 1 unspecified atom stereocenters. The van der Waals surface area contributed by atoms with Gasteiger partial charge in [-0.3, -0.25) is 15.0 Å². The van der Waals surface area contributed by atoms with E-state index in [2.05, 4.69) is 17.1 Å². The van der Waals surface area contributed by atoms with Gasteiger partial charge < -0.3 is 10.1 Å². The van der Waals surface area contributed by atoms with Crippen molar-refractivity contribution in [2.75, 3.05) is 33.1 Å². The van der Waals surface area contributed by atoms with Crippen LogP contribution in [0, 0.1) is 10.1 Å². The van der Waals surface area contributed by atoms with E-state index in [4.69, 9.17) is 4.74 Å². The minimum atomic E-state index is -0.367. The van der Waals surface area contributed by atoms with Crippen LogP contribution in [-0.4, -0.2) is 43.7 Å². The lowest BCUT2D eigenvalue weighted by atomic mass is 10.1. The van der Waals surface area contributed by atoms with Crippen LogP contribution in [0.3, 0.4) is 0 Å². The summed E-state index contributed by atoms with van der Waals surface area (Å²) in [6, 6.07) is 5.36. The van der Waals surface area contributed by atoms with Crippen molar-refractivity contribution in [2.45, 2.75) is 19.5 Å². The van der Waals surface area contributed by atoms with Crippen molar-refractivity contribution in [2.24, 2.45) is 0 Å². The predicted octanol–water partition coefficient (Wildman–Crippen LogP) is 2.10. The number of likely N-dealkylation sites (N-methyl/N-ethyl adjacent to an activating group) is 1. The number of nitrogens with zero attached hydrogens (tertiary/aromatic N) is 2. The van der Waals surface area contributed by atoms with Crippen molar-refractivity contribution in [3.05, 3.63) is 33.9 Å². The van der Waals surface area contributed by atoms with Gasteiger partial charge in [0.25, 0.3) is 5.69 Å². The summed E-state index contributed by atoms with van der Waals surface area (Å²) in [6.45, 7) is 3.31. The van der Waals surface area contributed by atoms with Gasteiger partial charge in [-0.2, -0.15) is 0 Å². The molecule has 1 aromatic rings. The van der Waals surface area contributed by atoms with Crippen LogP contribution in [0.15, 0.2) is 18.2 Å². The second kappa shape index (κ2) is 7.06. The van der Waals surface area contributed by atoms with Crippen molar-refractivity contribution < 1.29 is 9.66 Å². The van der Waals surface area contributed by atoms with Crippen LogP contribution >= 0.6 is 0 Å². The molecule has 0 spiro atoms. The van der Waals surface area contributed by atoms with E-state index < -0.39 is 0 Å². The zero-order chi connectivity index (χ0) is 14.4. The number of nitrogens with one attached hydrogen (secondary N) is 1. The zero-order valence-corrected chi connectivity index (χ0v) is 11.8. The highest BCUT2D eigenvalue weighted by Crippen LogP contribution is 2.28. The summed E-state index contributed by atoms with van der Waals surface area (Å²) in [7, 11) is 5.34. The molecule has 0 heterocycles. The molecule has 0 saturated heterocycles. The molecule has 0 radical (unpaired) electrons. The van der Waals surface area contributed by atoms with Crippen molar-refractivity contribution >= 4 is 11.4 Å². The molecule has 0 aliphatic heterocycles. The van der Waals surface area contributed by atoms with E-state index in [1.807, 2.05) is 13.1 Å². The number of ether oxygens (including phenoxy) is 1. The molecule has 1 rings (SSSR count). The van der Waals surface area contributed by atoms with Gasteiger partial charge in [-0.15, -0.1) is 0 Å². The lowest BCUT2D eigenvalue weighted by Gasteiger charge is -2.24. The Morgan fingerprint density at radius 2 is 2.21 bits per heavy atom. The summed E-state index contributed by atoms with van der Waals surface area (Å²) >= 11 is 0. The molecule has 0 fully saturated rings. The highest BCUT2D eigenvalue weighted by Gasteiger charge is 2.18. The molecular weight excluding hydrogens is 246 g/mol. The third-order valence-corrected chi connectivity index (χ3v) is 3.16. The summed E-state index contributed by atoms with van der Waals surface area (Å²) in [5.74, 6) is 0. The van der Waals surface area contributed by atoms with Crippen molar-refractivity contribution in [3.63, 3.8) is 0 Å². The first-order chi connectivity index (χ1) is 9.01. The molecule has 1 aromatic carbocycles. The fraction of sp³-hybridized carbons (Fsp3) is 0.538. The Labute approximate surface area is 113 Å². The first-order valence-electron chi connectivity index (χ1n) is 6.14.